The van der Waals surface area contributed by atoms with Gasteiger partial charge in [0.2, 0.25) is 5.75 Å². The van der Waals surface area contributed by atoms with Gasteiger partial charge in [-0.15, -0.1) is 0 Å². The molecular weight excluding hydrogens is 382 g/mol. The van der Waals surface area contributed by atoms with E-state index in [0.29, 0.717) is 40.7 Å². The van der Waals surface area contributed by atoms with Crippen molar-refractivity contribution in [1.29, 1.82) is 0 Å². The van der Waals surface area contributed by atoms with Gasteiger partial charge in [-0.2, -0.15) is 0 Å². The number of carbonyl (C=O) groups is 1. The van der Waals surface area contributed by atoms with Gasteiger partial charge in [-0.3, -0.25) is 4.79 Å². The first-order chi connectivity index (χ1) is 14.5. The summed E-state index contributed by atoms with van der Waals surface area (Å²) >= 11 is 0. The summed E-state index contributed by atoms with van der Waals surface area (Å²) in [7, 11) is 4.72. The molecule has 3 aromatic carbocycles. The lowest BCUT2D eigenvalue weighted by Gasteiger charge is -2.15. The lowest BCUT2D eigenvalue weighted by molar-refractivity contribution is 0.102. The molecule has 0 aliphatic rings. The number of nitrogens with two attached hydrogens (primary N) is 1. The molecule has 0 unspecified atom stereocenters. The average Bonchev–Trinajstić information content (AvgIpc) is 2.78. The predicted octanol–water partition coefficient (Wildman–Crippen LogP) is 4.16. The zero-order valence-electron chi connectivity index (χ0n) is 17.2. The molecule has 0 saturated heterocycles. The molecule has 0 aromatic heterocycles. The van der Waals surface area contributed by atoms with Crippen molar-refractivity contribution in [2.24, 2.45) is 0 Å². The van der Waals surface area contributed by atoms with Crippen molar-refractivity contribution in [3.8, 4) is 17.2 Å². The highest BCUT2D eigenvalue weighted by molar-refractivity contribution is 6.05. The molecule has 0 spiro atoms. The Bertz CT molecular complexity index is 994. The summed E-state index contributed by atoms with van der Waals surface area (Å²) < 4.78 is 16.1. The summed E-state index contributed by atoms with van der Waals surface area (Å²) in [6.45, 7) is 0.562. The molecule has 4 N–H and O–H groups in total. The van der Waals surface area contributed by atoms with E-state index in [9.17, 15) is 4.79 Å². The Labute approximate surface area is 175 Å². The maximum absolute atomic E-state index is 12.4. The normalized spacial score (nSPS) is 10.2. The molecule has 156 valence electrons. The highest BCUT2D eigenvalue weighted by Crippen LogP contribution is 2.40. The predicted molar refractivity (Wildman–Crippen MR) is 119 cm³/mol. The van der Waals surface area contributed by atoms with E-state index in [4.69, 9.17) is 19.9 Å². The Morgan fingerprint density at radius 2 is 1.53 bits per heavy atom. The van der Waals surface area contributed by atoms with Crippen molar-refractivity contribution in [1.82, 2.24) is 0 Å². The minimum absolute atomic E-state index is 0.211. The smallest absolute Gasteiger partial charge is 0.255 e. The summed E-state index contributed by atoms with van der Waals surface area (Å²) in [6, 6.07) is 18.2. The van der Waals surface area contributed by atoms with Gasteiger partial charge < -0.3 is 30.6 Å². The number of benzene rings is 3. The number of nitrogen functional groups attached to an aromatic ring is 1. The topological polar surface area (TPSA) is 94.8 Å². The van der Waals surface area contributed by atoms with E-state index in [2.05, 4.69) is 10.6 Å². The molecule has 30 heavy (non-hydrogen) atoms. The highest BCUT2D eigenvalue weighted by Gasteiger charge is 2.13. The van der Waals surface area contributed by atoms with Gasteiger partial charge in [0.15, 0.2) is 11.5 Å². The van der Waals surface area contributed by atoms with Crippen LogP contribution in [0.1, 0.15) is 15.9 Å². The number of carbonyl (C=O) groups excluding carboxylic acids is 1. The van der Waals surface area contributed by atoms with Crippen LogP contribution in [-0.2, 0) is 6.54 Å². The molecular formula is C23H25N3O4. The number of hydrogen-bond acceptors (Lipinski definition) is 6. The van der Waals surface area contributed by atoms with Crippen molar-refractivity contribution < 1.29 is 19.0 Å². The van der Waals surface area contributed by atoms with E-state index in [1.54, 1.807) is 45.6 Å². The lowest BCUT2D eigenvalue weighted by Crippen LogP contribution is -2.13. The van der Waals surface area contributed by atoms with Crippen molar-refractivity contribution >= 4 is 23.0 Å². The van der Waals surface area contributed by atoms with Crippen molar-refractivity contribution in [2.45, 2.75) is 6.54 Å². The second kappa shape index (κ2) is 9.56. The zero-order chi connectivity index (χ0) is 21.5. The van der Waals surface area contributed by atoms with Crippen LogP contribution in [0.15, 0.2) is 60.7 Å². The second-order valence-electron chi connectivity index (χ2n) is 6.51. The number of hydrogen-bond donors (Lipinski definition) is 3. The first-order valence-electron chi connectivity index (χ1n) is 9.34. The van der Waals surface area contributed by atoms with Crippen LogP contribution in [0.2, 0.25) is 0 Å². The standard InChI is InChI=1S/C23H25N3O4/c1-28-20-12-17(13-21(29-2)22(20)30-3)25-14-15-8-10-16(11-9-15)23(27)26-19-7-5-4-6-18(19)24/h4-13,25H,14,24H2,1-3H3,(H,26,27). The van der Waals surface area contributed by atoms with Gasteiger partial charge in [-0.05, 0) is 29.8 Å². The maximum Gasteiger partial charge on any atom is 0.255 e. The summed E-state index contributed by atoms with van der Waals surface area (Å²) in [5, 5.41) is 6.15. The Morgan fingerprint density at radius 1 is 0.900 bits per heavy atom. The number of rotatable bonds is 8. The summed E-state index contributed by atoms with van der Waals surface area (Å²) in [4.78, 5) is 12.4. The molecule has 0 radical (unpaired) electrons. The molecule has 1 amide bonds. The van der Waals surface area contributed by atoms with Crippen molar-refractivity contribution in [3.63, 3.8) is 0 Å². The number of nitrogens with one attached hydrogen (secondary N) is 2. The van der Waals surface area contributed by atoms with Crippen LogP contribution < -0.4 is 30.6 Å². The van der Waals surface area contributed by atoms with Gasteiger partial charge >= 0.3 is 0 Å². The Morgan fingerprint density at radius 3 is 2.10 bits per heavy atom. The fraction of sp³-hybridized carbons (Fsp3) is 0.174. The van der Waals surface area contributed by atoms with Crippen LogP contribution in [0.25, 0.3) is 0 Å². The fourth-order valence-electron chi connectivity index (χ4n) is 2.97. The third-order valence-corrected chi connectivity index (χ3v) is 4.59. The molecule has 0 bridgehead atoms. The van der Waals surface area contributed by atoms with E-state index in [1.807, 2.05) is 36.4 Å². The number of para-hydroxylation sites is 2. The minimum atomic E-state index is -0.211. The molecule has 0 saturated carbocycles. The molecule has 0 fully saturated rings. The van der Waals surface area contributed by atoms with Crippen LogP contribution in [0.5, 0.6) is 17.2 Å². The van der Waals surface area contributed by atoms with Crippen LogP contribution in [0.3, 0.4) is 0 Å². The summed E-state index contributed by atoms with van der Waals surface area (Å²) in [5.74, 6) is 1.48. The monoisotopic (exact) mass is 407 g/mol. The van der Waals surface area contributed by atoms with Crippen LogP contribution in [0, 0.1) is 0 Å². The zero-order valence-corrected chi connectivity index (χ0v) is 17.2. The van der Waals surface area contributed by atoms with Crippen LogP contribution >= 0.6 is 0 Å². The number of amides is 1. The fourth-order valence-corrected chi connectivity index (χ4v) is 2.97. The molecule has 3 aromatic rings. The van der Waals surface area contributed by atoms with Gasteiger partial charge in [-0.1, -0.05) is 24.3 Å². The van der Waals surface area contributed by atoms with E-state index in [1.165, 1.54) is 0 Å². The van der Waals surface area contributed by atoms with Crippen molar-refractivity contribution in [3.05, 3.63) is 71.8 Å². The lowest BCUT2D eigenvalue weighted by atomic mass is 10.1. The van der Waals surface area contributed by atoms with E-state index >= 15 is 0 Å². The van der Waals surface area contributed by atoms with E-state index < -0.39 is 0 Å². The quantitative estimate of drug-likeness (QED) is 0.486. The average molecular weight is 407 g/mol. The maximum atomic E-state index is 12.4. The molecule has 0 heterocycles. The van der Waals surface area contributed by atoms with Crippen molar-refractivity contribution in [2.75, 3.05) is 37.7 Å². The third-order valence-electron chi connectivity index (χ3n) is 4.59. The summed E-state index contributed by atoms with van der Waals surface area (Å²) in [6.07, 6.45) is 0. The van der Waals surface area contributed by atoms with Gasteiger partial charge in [0.05, 0.1) is 32.7 Å². The number of anilines is 3. The number of methoxy groups -OCH3 is 3. The number of ether oxygens (including phenoxy) is 3. The van der Waals surface area contributed by atoms with E-state index in [-0.39, 0.29) is 5.91 Å². The Kier molecular flexibility index (Phi) is 6.64. The van der Waals surface area contributed by atoms with E-state index in [0.717, 1.165) is 11.3 Å². The molecule has 7 nitrogen and oxygen atoms in total. The third kappa shape index (κ3) is 4.75. The summed E-state index contributed by atoms with van der Waals surface area (Å²) in [5.41, 5.74) is 9.38. The second-order valence-corrected chi connectivity index (χ2v) is 6.51. The molecule has 0 atom stereocenters. The first-order valence-corrected chi connectivity index (χ1v) is 9.34. The van der Waals surface area contributed by atoms with Crippen LogP contribution in [-0.4, -0.2) is 27.2 Å². The molecule has 3 rings (SSSR count). The highest BCUT2D eigenvalue weighted by atomic mass is 16.5. The van der Waals surface area contributed by atoms with Gasteiger partial charge in [0.1, 0.15) is 0 Å². The minimum Gasteiger partial charge on any atom is -0.493 e. The molecule has 7 heteroatoms. The van der Waals surface area contributed by atoms with Crippen LogP contribution in [0.4, 0.5) is 17.1 Å². The Balaban J connectivity index is 1.66. The van der Waals surface area contributed by atoms with Gasteiger partial charge in [0, 0.05) is 29.9 Å². The van der Waals surface area contributed by atoms with Gasteiger partial charge in [-0.25, -0.2) is 0 Å². The Hall–Kier alpha value is -3.87. The largest absolute Gasteiger partial charge is 0.493 e. The molecule has 0 aliphatic carbocycles. The first kappa shape index (κ1) is 20.9. The molecule has 0 aliphatic heterocycles. The SMILES string of the molecule is COc1cc(NCc2ccc(C(=O)Nc3ccccc3N)cc2)cc(OC)c1OC. The van der Waals surface area contributed by atoms with Gasteiger partial charge in [0.25, 0.3) is 5.91 Å².